The Morgan fingerprint density at radius 2 is 1.87 bits per heavy atom. The van der Waals surface area contributed by atoms with Gasteiger partial charge in [-0.1, -0.05) is 0 Å². The summed E-state index contributed by atoms with van der Waals surface area (Å²) in [4.78, 5) is 34.4. The van der Waals surface area contributed by atoms with Crippen molar-refractivity contribution in [2.24, 2.45) is 0 Å². The number of hydrogen-bond donors (Lipinski definition) is 2. The molecule has 23 heavy (non-hydrogen) atoms. The summed E-state index contributed by atoms with van der Waals surface area (Å²) < 4.78 is 5.33. The highest BCUT2D eigenvalue weighted by Gasteiger charge is 2.27. The van der Waals surface area contributed by atoms with E-state index in [9.17, 15) is 9.59 Å². The van der Waals surface area contributed by atoms with Gasteiger partial charge in [-0.25, -0.2) is 14.6 Å². The number of aromatic nitrogens is 2. The van der Waals surface area contributed by atoms with Gasteiger partial charge in [0.2, 0.25) is 5.95 Å². The highest BCUT2D eigenvalue weighted by atomic mass is 16.6. The number of hydrogen-bond acceptors (Lipinski definition) is 7. The number of anilines is 2. The zero-order valence-corrected chi connectivity index (χ0v) is 13.4. The lowest BCUT2D eigenvalue weighted by Crippen LogP contribution is -2.50. The maximum absolute atomic E-state index is 12.0. The lowest BCUT2D eigenvalue weighted by Gasteiger charge is -2.35. The van der Waals surface area contributed by atoms with Gasteiger partial charge in [0, 0.05) is 32.4 Å². The Morgan fingerprint density at radius 3 is 2.35 bits per heavy atom. The molecule has 9 nitrogen and oxygen atoms in total. The summed E-state index contributed by atoms with van der Waals surface area (Å²) in [5, 5.41) is 8.92. The third kappa shape index (κ3) is 4.21. The van der Waals surface area contributed by atoms with Gasteiger partial charge < -0.3 is 25.4 Å². The standard InChI is InChI=1S/C14H21N5O4/c1-14(2,3)23-13(22)19-6-4-18(5-7-19)12-16-8-9(11(20)21)10(15)17-12/h8H,4-7H2,1-3H3,(H,20,21)(H2,15,16,17). The van der Waals surface area contributed by atoms with Crippen LogP contribution < -0.4 is 10.6 Å². The highest BCUT2D eigenvalue weighted by molar-refractivity contribution is 5.92. The number of carboxylic acids is 1. The van der Waals surface area contributed by atoms with E-state index in [0.29, 0.717) is 32.1 Å². The minimum absolute atomic E-state index is 0.0722. The van der Waals surface area contributed by atoms with Crippen LogP contribution in [0.1, 0.15) is 31.1 Å². The third-order valence-corrected chi connectivity index (χ3v) is 3.25. The van der Waals surface area contributed by atoms with Gasteiger partial charge >= 0.3 is 12.1 Å². The van der Waals surface area contributed by atoms with Crippen molar-refractivity contribution in [1.29, 1.82) is 0 Å². The Balaban J connectivity index is 1.98. The van der Waals surface area contributed by atoms with Crippen molar-refractivity contribution in [2.75, 3.05) is 36.8 Å². The Bertz CT molecular complexity index is 606. The van der Waals surface area contributed by atoms with E-state index >= 15 is 0 Å². The summed E-state index contributed by atoms with van der Waals surface area (Å²) in [5.41, 5.74) is 4.98. The van der Waals surface area contributed by atoms with Crippen LogP contribution in [0, 0.1) is 0 Å². The van der Waals surface area contributed by atoms with E-state index in [-0.39, 0.29) is 17.5 Å². The van der Waals surface area contributed by atoms with Crippen LogP contribution >= 0.6 is 0 Å². The molecule has 1 aromatic heterocycles. The Labute approximate surface area is 134 Å². The highest BCUT2D eigenvalue weighted by Crippen LogP contribution is 2.17. The smallest absolute Gasteiger partial charge is 0.410 e. The number of carboxylic acid groups (broad SMARTS) is 1. The van der Waals surface area contributed by atoms with Gasteiger partial charge in [-0.2, -0.15) is 4.98 Å². The lowest BCUT2D eigenvalue weighted by atomic mass is 10.2. The number of carbonyl (C=O) groups excluding carboxylic acids is 1. The third-order valence-electron chi connectivity index (χ3n) is 3.25. The molecule has 0 radical (unpaired) electrons. The van der Waals surface area contributed by atoms with Crippen molar-refractivity contribution in [3.8, 4) is 0 Å². The predicted molar refractivity (Wildman–Crippen MR) is 83.4 cm³/mol. The second-order valence-corrected chi connectivity index (χ2v) is 6.23. The van der Waals surface area contributed by atoms with Crippen LogP contribution in [0.5, 0.6) is 0 Å². The van der Waals surface area contributed by atoms with Crippen molar-refractivity contribution in [3.63, 3.8) is 0 Å². The molecular formula is C14H21N5O4. The van der Waals surface area contributed by atoms with E-state index in [0.717, 1.165) is 0 Å². The first-order chi connectivity index (χ1) is 10.7. The molecule has 9 heteroatoms. The number of ether oxygens (including phenoxy) is 1. The molecule has 0 atom stereocenters. The van der Waals surface area contributed by atoms with Gasteiger partial charge in [0.15, 0.2) is 0 Å². The van der Waals surface area contributed by atoms with Gasteiger partial charge in [0.1, 0.15) is 17.0 Å². The Morgan fingerprint density at radius 1 is 1.26 bits per heavy atom. The van der Waals surface area contributed by atoms with Crippen LogP contribution in [-0.4, -0.2) is 63.8 Å². The van der Waals surface area contributed by atoms with Gasteiger partial charge in [0.05, 0.1) is 0 Å². The minimum atomic E-state index is -1.16. The number of aromatic carboxylic acids is 1. The maximum atomic E-state index is 12.0. The summed E-state index contributed by atoms with van der Waals surface area (Å²) in [7, 11) is 0. The first kappa shape index (κ1) is 16.8. The number of nitrogens with two attached hydrogens (primary N) is 1. The summed E-state index contributed by atoms with van der Waals surface area (Å²) in [6.45, 7) is 7.44. The molecule has 126 valence electrons. The normalized spacial score (nSPS) is 15.4. The van der Waals surface area contributed by atoms with Crippen molar-refractivity contribution in [2.45, 2.75) is 26.4 Å². The first-order valence-corrected chi connectivity index (χ1v) is 7.26. The number of nitrogen functional groups attached to an aromatic ring is 1. The molecule has 1 aliphatic rings. The molecule has 0 spiro atoms. The number of carbonyl (C=O) groups is 2. The largest absolute Gasteiger partial charge is 0.477 e. The molecule has 0 bridgehead atoms. The molecule has 1 saturated heterocycles. The van der Waals surface area contributed by atoms with E-state index in [2.05, 4.69) is 9.97 Å². The molecule has 2 heterocycles. The van der Waals surface area contributed by atoms with Crippen molar-refractivity contribution >= 4 is 23.8 Å². The maximum Gasteiger partial charge on any atom is 0.410 e. The van der Waals surface area contributed by atoms with E-state index in [1.165, 1.54) is 6.20 Å². The molecule has 1 aliphatic heterocycles. The second kappa shape index (κ2) is 6.27. The molecule has 1 amide bonds. The second-order valence-electron chi connectivity index (χ2n) is 6.23. The summed E-state index contributed by atoms with van der Waals surface area (Å²) in [6.07, 6.45) is 0.846. The van der Waals surface area contributed by atoms with Gasteiger partial charge in [0.25, 0.3) is 0 Å². The Kier molecular flexibility index (Phi) is 4.57. The van der Waals surface area contributed by atoms with Crippen LogP contribution in [0.4, 0.5) is 16.6 Å². The molecule has 3 N–H and O–H groups in total. The molecule has 0 unspecified atom stereocenters. The molecule has 1 aromatic rings. The number of rotatable bonds is 2. The molecular weight excluding hydrogens is 302 g/mol. The molecule has 0 aromatic carbocycles. The van der Waals surface area contributed by atoms with Crippen LogP contribution in [-0.2, 0) is 4.74 Å². The minimum Gasteiger partial charge on any atom is -0.477 e. The zero-order chi connectivity index (χ0) is 17.2. The van der Waals surface area contributed by atoms with Crippen LogP contribution in [0.25, 0.3) is 0 Å². The predicted octanol–water partition coefficient (Wildman–Crippen LogP) is 0.814. The average molecular weight is 323 g/mol. The van der Waals surface area contributed by atoms with Crippen LogP contribution in [0.15, 0.2) is 6.20 Å². The monoisotopic (exact) mass is 323 g/mol. The van der Waals surface area contributed by atoms with Crippen molar-refractivity contribution < 1.29 is 19.4 Å². The zero-order valence-electron chi connectivity index (χ0n) is 13.4. The van der Waals surface area contributed by atoms with E-state index in [4.69, 9.17) is 15.6 Å². The molecule has 1 fully saturated rings. The SMILES string of the molecule is CC(C)(C)OC(=O)N1CCN(c2ncc(C(=O)O)c(N)n2)CC1. The quantitative estimate of drug-likeness (QED) is 0.820. The van der Waals surface area contributed by atoms with Crippen LogP contribution in [0.3, 0.4) is 0 Å². The average Bonchev–Trinajstić information content (AvgIpc) is 2.45. The summed E-state index contributed by atoms with van der Waals surface area (Å²) in [5.74, 6) is -0.878. The lowest BCUT2D eigenvalue weighted by molar-refractivity contribution is 0.0240. The fraction of sp³-hybridized carbons (Fsp3) is 0.571. The summed E-state index contributed by atoms with van der Waals surface area (Å²) in [6, 6.07) is 0. The number of nitrogens with zero attached hydrogens (tertiary/aromatic N) is 4. The number of piperazine rings is 1. The Hall–Kier alpha value is -2.58. The van der Waals surface area contributed by atoms with Gasteiger partial charge in [-0.05, 0) is 20.8 Å². The number of amides is 1. The molecule has 0 saturated carbocycles. The van der Waals surface area contributed by atoms with Gasteiger partial charge in [-0.3, -0.25) is 0 Å². The van der Waals surface area contributed by atoms with Gasteiger partial charge in [-0.15, -0.1) is 0 Å². The van der Waals surface area contributed by atoms with Crippen LogP contribution in [0.2, 0.25) is 0 Å². The first-order valence-electron chi connectivity index (χ1n) is 7.26. The fourth-order valence-corrected chi connectivity index (χ4v) is 2.12. The van der Waals surface area contributed by atoms with Crippen molar-refractivity contribution in [1.82, 2.24) is 14.9 Å². The van der Waals surface area contributed by atoms with E-state index < -0.39 is 11.6 Å². The molecule has 2 rings (SSSR count). The summed E-state index contributed by atoms with van der Waals surface area (Å²) >= 11 is 0. The van der Waals surface area contributed by atoms with E-state index in [1.807, 2.05) is 25.7 Å². The topological polar surface area (TPSA) is 122 Å². The van der Waals surface area contributed by atoms with E-state index in [1.54, 1.807) is 4.90 Å². The van der Waals surface area contributed by atoms with Crippen molar-refractivity contribution in [3.05, 3.63) is 11.8 Å². The molecule has 0 aliphatic carbocycles. The fourth-order valence-electron chi connectivity index (χ4n) is 2.12.